The van der Waals surface area contributed by atoms with Gasteiger partial charge >= 0.3 is 0 Å². The molecule has 0 spiro atoms. The smallest absolute Gasteiger partial charge is 0.280 e. The first-order chi connectivity index (χ1) is 9.13. The molecule has 0 atom stereocenters. The quantitative estimate of drug-likeness (QED) is 0.906. The lowest BCUT2D eigenvalue weighted by molar-refractivity contribution is 0.141. The van der Waals surface area contributed by atoms with Gasteiger partial charge in [0, 0.05) is 16.6 Å². The minimum absolute atomic E-state index is 0.0564. The van der Waals surface area contributed by atoms with E-state index in [1.807, 2.05) is 13.0 Å². The van der Waals surface area contributed by atoms with Gasteiger partial charge in [-0.3, -0.25) is 0 Å². The zero-order valence-electron chi connectivity index (χ0n) is 10.4. The average molecular weight is 330 g/mol. The maximum atomic E-state index is 13.2. The molecule has 0 aliphatic rings. The van der Waals surface area contributed by atoms with Crippen LogP contribution in [0.4, 0.5) is 8.78 Å². The van der Waals surface area contributed by atoms with Gasteiger partial charge in [-0.05, 0) is 24.7 Å². The van der Waals surface area contributed by atoms with Gasteiger partial charge in [0.05, 0.1) is 11.9 Å². The first kappa shape index (κ1) is 14.1. The van der Waals surface area contributed by atoms with Crippen LogP contribution < -0.4 is 5.32 Å². The van der Waals surface area contributed by atoms with Gasteiger partial charge in [0.15, 0.2) is 0 Å². The van der Waals surface area contributed by atoms with E-state index in [2.05, 4.69) is 26.3 Å². The van der Waals surface area contributed by atoms with E-state index >= 15 is 0 Å². The summed E-state index contributed by atoms with van der Waals surface area (Å²) in [6.07, 6.45) is -1.07. The Bertz CT molecular complexity index is 555. The standard InChI is InChI=1S/C13H14BrF2N3/c1-2-17-7-9-8-18-19(12(9)13(15)16)11-5-3-4-10(14)6-11/h3-6,8,13,17H,2,7H2,1H3. The van der Waals surface area contributed by atoms with Gasteiger partial charge in [-0.2, -0.15) is 5.10 Å². The number of alkyl halides is 2. The molecule has 6 heteroatoms. The van der Waals surface area contributed by atoms with E-state index in [1.165, 1.54) is 10.9 Å². The Labute approximate surface area is 118 Å². The zero-order valence-corrected chi connectivity index (χ0v) is 12.0. The molecule has 3 nitrogen and oxygen atoms in total. The lowest BCUT2D eigenvalue weighted by atomic mass is 10.2. The monoisotopic (exact) mass is 329 g/mol. The van der Waals surface area contributed by atoms with E-state index in [1.54, 1.807) is 18.2 Å². The second-order valence-corrected chi connectivity index (χ2v) is 4.94. The van der Waals surface area contributed by atoms with Crippen LogP contribution in [0.1, 0.15) is 24.6 Å². The highest BCUT2D eigenvalue weighted by Gasteiger charge is 2.20. The van der Waals surface area contributed by atoms with Gasteiger partial charge in [-0.15, -0.1) is 0 Å². The summed E-state index contributed by atoms with van der Waals surface area (Å²) in [7, 11) is 0. The summed E-state index contributed by atoms with van der Waals surface area (Å²) in [5.74, 6) is 0. The third kappa shape index (κ3) is 3.19. The van der Waals surface area contributed by atoms with E-state index in [0.29, 0.717) is 17.8 Å². The largest absolute Gasteiger partial charge is 0.313 e. The van der Waals surface area contributed by atoms with Crippen molar-refractivity contribution in [3.8, 4) is 5.69 Å². The topological polar surface area (TPSA) is 29.9 Å². The Morgan fingerprint density at radius 3 is 2.84 bits per heavy atom. The molecule has 1 aromatic heterocycles. The predicted molar refractivity (Wildman–Crippen MR) is 73.6 cm³/mol. The van der Waals surface area contributed by atoms with Crippen LogP contribution in [0.25, 0.3) is 5.69 Å². The number of halogens is 3. The maximum absolute atomic E-state index is 13.2. The Morgan fingerprint density at radius 1 is 1.42 bits per heavy atom. The van der Waals surface area contributed by atoms with Crippen LogP contribution in [-0.4, -0.2) is 16.3 Å². The Morgan fingerprint density at radius 2 is 2.21 bits per heavy atom. The number of hydrogen-bond acceptors (Lipinski definition) is 2. The highest BCUT2D eigenvalue weighted by Crippen LogP contribution is 2.26. The summed E-state index contributed by atoms with van der Waals surface area (Å²) in [6.45, 7) is 3.05. The van der Waals surface area contributed by atoms with Crippen LogP contribution in [0.3, 0.4) is 0 Å². The first-order valence-corrected chi connectivity index (χ1v) is 6.74. The third-order valence-electron chi connectivity index (χ3n) is 2.71. The highest BCUT2D eigenvalue weighted by molar-refractivity contribution is 9.10. The third-order valence-corrected chi connectivity index (χ3v) is 3.20. The molecule has 19 heavy (non-hydrogen) atoms. The van der Waals surface area contributed by atoms with Gasteiger partial charge in [0.1, 0.15) is 5.69 Å². The number of rotatable bonds is 5. The summed E-state index contributed by atoms with van der Waals surface area (Å²) >= 11 is 3.33. The SMILES string of the molecule is CCNCc1cnn(-c2cccc(Br)c2)c1C(F)F. The van der Waals surface area contributed by atoms with Gasteiger partial charge < -0.3 is 5.32 Å². The van der Waals surface area contributed by atoms with Crippen LogP contribution in [0.2, 0.25) is 0 Å². The molecule has 0 aliphatic heterocycles. The summed E-state index contributed by atoms with van der Waals surface area (Å²) in [4.78, 5) is 0. The van der Waals surface area contributed by atoms with Crippen molar-refractivity contribution < 1.29 is 8.78 Å². The number of benzene rings is 1. The van der Waals surface area contributed by atoms with Crippen molar-refractivity contribution in [1.29, 1.82) is 0 Å². The van der Waals surface area contributed by atoms with Crippen LogP contribution in [0, 0.1) is 0 Å². The van der Waals surface area contributed by atoms with E-state index in [-0.39, 0.29) is 5.69 Å². The highest BCUT2D eigenvalue weighted by atomic mass is 79.9. The van der Waals surface area contributed by atoms with Crippen LogP contribution >= 0.6 is 15.9 Å². The number of hydrogen-bond donors (Lipinski definition) is 1. The maximum Gasteiger partial charge on any atom is 0.280 e. The molecule has 2 aromatic rings. The first-order valence-electron chi connectivity index (χ1n) is 5.95. The molecule has 1 N–H and O–H groups in total. The number of aromatic nitrogens is 2. The summed E-state index contributed by atoms with van der Waals surface area (Å²) < 4.78 is 28.6. The second kappa shape index (κ2) is 6.25. The van der Waals surface area contributed by atoms with E-state index in [4.69, 9.17) is 0 Å². The molecule has 0 fully saturated rings. The fourth-order valence-electron chi connectivity index (χ4n) is 1.83. The van der Waals surface area contributed by atoms with E-state index < -0.39 is 6.43 Å². The van der Waals surface area contributed by atoms with Crippen molar-refractivity contribution in [3.05, 3.63) is 46.2 Å². The van der Waals surface area contributed by atoms with E-state index in [0.717, 1.165) is 11.0 Å². The van der Waals surface area contributed by atoms with Crippen molar-refractivity contribution in [2.45, 2.75) is 19.9 Å². The lowest BCUT2D eigenvalue weighted by Crippen LogP contribution is -2.13. The minimum atomic E-state index is -2.56. The predicted octanol–water partition coefficient (Wildman–Crippen LogP) is 3.68. The van der Waals surface area contributed by atoms with Crippen molar-refractivity contribution >= 4 is 15.9 Å². The summed E-state index contributed by atoms with van der Waals surface area (Å²) in [5, 5.41) is 7.12. The van der Waals surface area contributed by atoms with Gasteiger partial charge in [-0.1, -0.05) is 28.9 Å². The second-order valence-electron chi connectivity index (χ2n) is 4.03. The molecule has 0 amide bonds. The van der Waals surface area contributed by atoms with Crippen molar-refractivity contribution in [3.63, 3.8) is 0 Å². The van der Waals surface area contributed by atoms with Crippen molar-refractivity contribution in [2.24, 2.45) is 0 Å². The van der Waals surface area contributed by atoms with Crippen LogP contribution in [0.15, 0.2) is 34.9 Å². The van der Waals surface area contributed by atoms with Gasteiger partial charge in [-0.25, -0.2) is 13.5 Å². The summed E-state index contributed by atoms with van der Waals surface area (Å²) in [5.41, 5.74) is 1.09. The lowest BCUT2D eigenvalue weighted by Gasteiger charge is -2.09. The van der Waals surface area contributed by atoms with Crippen molar-refractivity contribution in [1.82, 2.24) is 15.1 Å². The van der Waals surface area contributed by atoms with Crippen molar-refractivity contribution in [2.75, 3.05) is 6.54 Å². The summed E-state index contributed by atoms with van der Waals surface area (Å²) in [6, 6.07) is 7.14. The molecule has 0 unspecified atom stereocenters. The molecule has 0 saturated carbocycles. The molecule has 2 rings (SSSR count). The average Bonchev–Trinajstić information content (AvgIpc) is 2.80. The van der Waals surface area contributed by atoms with Gasteiger partial charge in [0.2, 0.25) is 0 Å². The molecule has 102 valence electrons. The van der Waals surface area contributed by atoms with Crippen LogP contribution in [-0.2, 0) is 6.54 Å². The van der Waals surface area contributed by atoms with Gasteiger partial charge in [0.25, 0.3) is 6.43 Å². The normalized spacial score (nSPS) is 11.2. The number of nitrogens with one attached hydrogen (secondary N) is 1. The zero-order chi connectivity index (χ0) is 13.8. The minimum Gasteiger partial charge on any atom is -0.313 e. The molecule has 1 aromatic carbocycles. The fraction of sp³-hybridized carbons (Fsp3) is 0.308. The molecule has 0 radical (unpaired) electrons. The Hall–Kier alpha value is -1.27. The molecular weight excluding hydrogens is 316 g/mol. The molecule has 0 saturated heterocycles. The molecular formula is C13H14BrF2N3. The Kier molecular flexibility index (Phi) is 4.66. The van der Waals surface area contributed by atoms with Crippen LogP contribution in [0.5, 0.6) is 0 Å². The fourth-order valence-corrected chi connectivity index (χ4v) is 2.22. The van der Waals surface area contributed by atoms with E-state index in [9.17, 15) is 8.78 Å². The molecule has 1 heterocycles. The molecule has 0 aliphatic carbocycles. The number of nitrogens with zero attached hydrogens (tertiary/aromatic N) is 2. The Balaban J connectivity index is 2.43. The molecule has 0 bridgehead atoms.